The predicted octanol–water partition coefficient (Wildman–Crippen LogP) is 3.40. The Kier molecular flexibility index (Phi) is 3.76. The van der Waals surface area contributed by atoms with Crippen LogP contribution in [-0.2, 0) is 4.74 Å². The molecule has 0 aromatic rings. The lowest BCUT2D eigenvalue weighted by molar-refractivity contribution is -0.00519. The molecule has 0 N–H and O–H groups in total. The van der Waals surface area contributed by atoms with E-state index in [0.29, 0.717) is 19.0 Å². The van der Waals surface area contributed by atoms with Gasteiger partial charge in [0.2, 0.25) is 0 Å². The smallest absolute Gasteiger partial charge is 0.115 e. The van der Waals surface area contributed by atoms with Crippen LogP contribution in [0.5, 0.6) is 0 Å². The molecule has 0 aromatic heterocycles. The summed E-state index contributed by atoms with van der Waals surface area (Å²) in [5.74, 6) is 0. The molecule has 2 nitrogen and oxygen atoms in total. The van der Waals surface area contributed by atoms with Crippen LogP contribution in [0.2, 0.25) is 0 Å². The molecule has 0 aromatic carbocycles. The van der Waals surface area contributed by atoms with Crippen LogP contribution in [0.25, 0.3) is 0 Å². The molecule has 0 spiro atoms. The van der Waals surface area contributed by atoms with Gasteiger partial charge in [0.25, 0.3) is 0 Å². The van der Waals surface area contributed by atoms with Crippen molar-refractivity contribution in [1.82, 2.24) is 4.90 Å². The van der Waals surface area contributed by atoms with Gasteiger partial charge in [-0.15, -0.1) is 0 Å². The van der Waals surface area contributed by atoms with Gasteiger partial charge < -0.3 is 4.74 Å². The van der Waals surface area contributed by atoms with Crippen molar-refractivity contribution < 1.29 is 9.13 Å². The van der Waals surface area contributed by atoms with E-state index in [1.54, 1.807) is 0 Å². The molecule has 2 aliphatic rings. The van der Waals surface area contributed by atoms with Crippen LogP contribution in [0.3, 0.4) is 0 Å². The average molecular weight is 257 g/mol. The largest absolute Gasteiger partial charge is 0.377 e. The Balaban J connectivity index is 2.12. The Hall–Kier alpha value is -0.150. The van der Waals surface area contributed by atoms with Crippen LogP contribution in [0.1, 0.15) is 53.9 Å². The van der Waals surface area contributed by atoms with Gasteiger partial charge in [-0.25, -0.2) is 4.39 Å². The van der Waals surface area contributed by atoms with E-state index in [-0.39, 0.29) is 17.1 Å². The normalized spacial score (nSPS) is 37.5. The molecule has 0 bridgehead atoms. The fraction of sp³-hybridized carbons (Fsp3) is 1.00. The molecule has 3 heteroatoms. The lowest BCUT2D eigenvalue weighted by atomic mass is 9.71. The van der Waals surface area contributed by atoms with E-state index in [9.17, 15) is 4.39 Å². The van der Waals surface area contributed by atoms with Gasteiger partial charge in [0.1, 0.15) is 6.17 Å². The van der Waals surface area contributed by atoms with Crippen molar-refractivity contribution in [3.63, 3.8) is 0 Å². The molecule has 18 heavy (non-hydrogen) atoms. The Morgan fingerprint density at radius 3 is 2.61 bits per heavy atom. The van der Waals surface area contributed by atoms with Gasteiger partial charge in [-0.05, 0) is 38.5 Å². The van der Waals surface area contributed by atoms with Crippen LogP contribution in [0, 0.1) is 5.41 Å². The number of halogens is 1. The quantitative estimate of drug-likeness (QED) is 0.768. The van der Waals surface area contributed by atoms with Gasteiger partial charge in [-0.2, -0.15) is 0 Å². The maximum atomic E-state index is 13.9. The predicted molar refractivity (Wildman–Crippen MR) is 72.5 cm³/mol. The van der Waals surface area contributed by atoms with Crippen molar-refractivity contribution in [3.8, 4) is 0 Å². The maximum absolute atomic E-state index is 13.9. The first-order chi connectivity index (χ1) is 8.26. The van der Waals surface area contributed by atoms with E-state index < -0.39 is 6.17 Å². The molecule has 0 saturated carbocycles. The van der Waals surface area contributed by atoms with Crippen LogP contribution in [0.4, 0.5) is 4.39 Å². The molecule has 106 valence electrons. The maximum Gasteiger partial charge on any atom is 0.115 e. The van der Waals surface area contributed by atoms with E-state index in [0.717, 1.165) is 19.4 Å². The van der Waals surface area contributed by atoms with E-state index in [4.69, 9.17) is 4.74 Å². The highest BCUT2D eigenvalue weighted by molar-refractivity contribution is 5.12. The minimum Gasteiger partial charge on any atom is -0.377 e. The number of fused-ring (bicyclic) bond motifs is 1. The second-order valence-electron chi connectivity index (χ2n) is 7.31. The Morgan fingerprint density at radius 1 is 1.39 bits per heavy atom. The molecule has 2 rings (SSSR count). The van der Waals surface area contributed by atoms with Gasteiger partial charge in [0.15, 0.2) is 0 Å². The van der Waals surface area contributed by atoms with Gasteiger partial charge in [-0.1, -0.05) is 20.8 Å². The van der Waals surface area contributed by atoms with Crippen molar-refractivity contribution in [3.05, 3.63) is 0 Å². The first kappa shape index (κ1) is 14.3. The standard InChI is InChI=1S/C15H28FNO/c1-11(2)18-10-13-6-7-15(14(3,4)5)8-12(16)9-17(13)15/h11-13H,6-10H2,1-5H3. The minimum atomic E-state index is -0.661. The molecule has 3 unspecified atom stereocenters. The van der Waals surface area contributed by atoms with Crippen molar-refractivity contribution in [1.29, 1.82) is 0 Å². The third kappa shape index (κ3) is 2.32. The highest BCUT2D eigenvalue weighted by atomic mass is 19.1. The summed E-state index contributed by atoms with van der Waals surface area (Å²) in [4.78, 5) is 2.42. The van der Waals surface area contributed by atoms with E-state index in [1.165, 1.54) is 0 Å². The Bertz CT molecular complexity index is 299. The number of hydrogen-bond donors (Lipinski definition) is 0. The number of ether oxygens (including phenoxy) is 1. The first-order valence-corrected chi connectivity index (χ1v) is 7.29. The fourth-order valence-electron chi connectivity index (χ4n) is 3.83. The minimum absolute atomic E-state index is 0.0530. The molecule has 2 fully saturated rings. The zero-order valence-electron chi connectivity index (χ0n) is 12.5. The second kappa shape index (κ2) is 4.75. The van der Waals surface area contributed by atoms with Crippen LogP contribution in [-0.4, -0.2) is 41.9 Å². The van der Waals surface area contributed by atoms with E-state index in [2.05, 4.69) is 39.5 Å². The zero-order valence-corrected chi connectivity index (χ0v) is 12.5. The third-order valence-corrected chi connectivity index (χ3v) is 4.85. The van der Waals surface area contributed by atoms with Crippen molar-refractivity contribution in [2.24, 2.45) is 5.41 Å². The second-order valence-corrected chi connectivity index (χ2v) is 7.31. The summed E-state index contributed by atoms with van der Waals surface area (Å²) in [6.45, 7) is 12.2. The number of hydrogen-bond acceptors (Lipinski definition) is 2. The van der Waals surface area contributed by atoms with Gasteiger partial charge in [0.05, 0.1) is 12.7 Å². The topological polar surface area (TPSA) is 12.5 Å². The third-order valence-electron chi connectivity index (χ3n) is 4.85. The monoisotopic (exact) mass is 257 g/mol. The van der Waals surface area contributed by atoms with Gasteiger partial charge in [0, 0.05) is 18.1 Å². The van der Waals surface area contributed by atoms with Crippen LogP contribution < -0.4 is 0 Å². The summed E-state index contributed by atoms with van der Waals surface area (Å²) in [6, 6.07) is 0.410. The van der Waals surface area contributed by atoms with Gasteiger partial charge >= 0.3 is 0 Å². The number of rotatable bonds is 3. The Morgan fingerprint density at radius 2 is 2.06 bits per heavy atom. The van der Waals surface area contributed by atoms with E-state index in [1.807, 2.05) is 0 Å². The average Bonchev–Trinajstić information content (AvgIpc) is 2.69. The molecular formula is C15H28FNO. The molecule has 2 saturated heterocycles. The summed E-state index contributed by atoms with van der Waals surface area (Å²) in [7, 11) is 0. The summed E-state index contributed by atoms with van der Waals surface area (Å²) in [5, 5.41) is 0. The first-order valence-electron chi connectivity index (χ1n) is 7.29. The van der Waals surface area contributed by atoms with Crippen molar-refractivity contribution in [2.45, 2.75) is 77.7 Å². The number of alkyl halides is 1. The van der Waals surface area contributed by atoms with Crippen LogP contribution in [0.15, 0.2) is 0 Å². The summed E-state index contributed by atoms with van der Waals surface area (Å²) >= 11 is 0. The Labute approximate surface area is 111 Å². The molecular weight excluding hydrogens is 229 g/mol. The lowest BCUT2D eigenvalue weighted by Gasteiger charge is -2.45. The lowest BCUT2D eigenvalue weighted by Crippen LogP contribution is -2.52. The van der Waals surface area contributed by atoms with Gasteiger partial charge in [-0.3, -0.25) is 4.90 Å². The van der Waals surface area contributed by atoms with E-state index >= 15 is 0 Å². The molecule has 2 heterocycles. The molecule has 0 radical (unpaired) electrons. The molecule has 0 amide bonds. The van der Waals surface area contributed by atoms with Crippen molar-refractivity contribution in [2.75, 3.05) is 13.2 Å². The summed E-state index contributed by atoms with van der Waals surface area (Å²) < 4.78 is 19.7. The highest BCUT2D eigenvalue weighted by Gasteiger charge is 2.58. The summed E-state index contributed by atoms with van der Waals surface area (Å²) in [6.07, 6.45) is 2.57. The zero-order chi connectivity index (χ0) is 13.6. The molecule has 3 atom stereocenters. The SMILES string of the molecule is CC(C)OCC1CCC2(C(C)(C)C)CC(F)CN12. The van der Waals surface area contributed by atoms with Crippen LogP contribution >= 0.6 is 0 Å². The highest BCUT2D eigenvalue weighted by Crippen LogP contribution is 2.52. The molecule has 2 aliphatic heterocycles. The number of nitrogens with zero attached hydrogens (tertiary/aromatic N) is 1. The fourth-order valence-corrected chi connectivity index (χ4v) is 3.83. The molecule has 0 aliphatic carbocycles. The summed E-state index contributed by atoms with van der Waals surface area (Å²) in [5.41, 5.74) is 0.192. The van der Waals surface area contributed by atoms with Crippen molar-refractivity contribution >= 4 is 0 Å².